The summed E-state index contributed by atoms with van der Waals surface area (Å²) in [5.41, 5.74) is 0. The molecule has 1 atom stereocenters. The van der Waals surface area contributed by atoms with Crippen LogP contribution in [0.15, 0.2) is 12.3 Å². The first-order valence-electron chi connectivity index (χ1n) is 3.57. The number of hydrogen-bond acceptors (Lipinski definition) is 3. The second-order valence-electron chi connectivity index (χ2n) is 2.62. The molecule has 0 fully saturated rings. The largest absolute Gasteiger partial charge is 0.478 e. The van der Waals surface area contributed by atoms with Crippen LogP contribution >= 0.6 is 0 Å². The van der Waals surface area contributed by atoms with Crippen molar-refractivity contribution in [3.05, 3.63) is 12.3 Å². The minimum Gasteiger partial charge on any atom is -0.478 e. The van der Waals surface area contributed by atoms with Crippen LogP contribution in [0.1, 0.15) is 6.92 Å². The fraction of sp³-hybridized carbons (Fsp3) is 0.500. The van der Waals surface area contributed by atoms with Crippen molar-refractivity contribution in [3.63, 3.8) is 0 Å². The van der Waals surface area contributed by atoms with Gasteiger partial charge >= 0.3 is 5.97 Å². The van der Waals surface area contributed by atoms with Crippen molar-refractivity contribution in [2.24, 2.45) is 5.92 Å². The van der Waals surface area contributed by atoms with Gasteiger partial charge in [-0.1, -0.05) is 0 Å². The van der Waals surface area contributed by atoms with Crippen molar-refractivity contribution in [1.29, 1.82) is 5.26 Å². The van der Waals surface area contributed by atoms with Crippen LogP contribution in [0.2, 0.25) is 0 Å². The third kappa shape index (κ3) is 5.30. The van der Waals surface area contributed by atoms with E-state index >= 15 is 0 Å². The number of carbonyl (C=O) groups is 1. The topological polar surface area (TPSA) is 64.3 Å². The highest BCUT2D eigenvalue weighted by Crippen LogP contribution is 1.95. The molecule has 66 valence electrons. The van der Waals surface area contributed by atoms with Crippen LogP contribution in [-0.2, 0) is 4.79 Å². The molecule has 0 saturated heterocycles. The Kier molecular flexibility index (Phi) is 4.54. The molecule has 0 aliphatic rings. The molecule has 0 aromatic heterocycles. The van der Waals surface area contributed by atoms with Gasteiger partial charge in [-0.15, -0.1) is 0 Å². The van der Waals surface area contributed by atoms with Crippen LogP contribution in [0.4, 0.5) is 0 Å². The lowest BCUT2D eigenvalue weighted by atomic mass is 10.2. The van der Waals surface area contributed by atoms with Gasteiger partial charge in [0.05, 0.1) is 12.0 Å². The Labute approximate surface area is 71.7 Å². The molecular formula is C8H12N2O2. The fourth-order valence-corrected chi connectivity index (χ4v) is 0.725. The molecule has 0 saturated carbocycles. The maximum absolute atomic E-state index is 10.1. The van der Waals surface area contributed by atoms with Crippen molar-refractivity contribution in [1.82, 2.24) is 4.90 Å². The van der Waals surface area contributed by atoms with E-state index in [0.717, 1.165) is 6.08 Å². The first kappa shape index (κ1) is 10.5. The number of hydrogen-bond donors (Lipinski definition) is 1. The molecule has 0 rings (SSSR count). The Bertz CT molecular complexity index is 218. The molecule has 0 aliphatic carbocycles. The number of carboxylic acids is 1. The summed E-state index contributed by atoms with van der Waals surface area (Å²) in [5.74, 6) is -1.07. The van der Waals surface area contributed by atoms with Crippen LogP contribution < -0.4 is 0 Å². The second kappa shape index (κ2) is 5.19. The SMILES string of the molecule is CC(C#N)CN(C)C=CC(=O)O. The lowest BCUT2D eigenvalue weighted by Gasteiger charge is -2.13. The van der Waals surface area contributed by atoms with Gasteiger partial charge in [0, 0.05) is 25.9 Å². The number of nitrogens with zero attached hydrogens (tertiary/aromatic N) is 2. The van der Waals surface area contributed by atoms with Crippen LogP contribution in [0, 0.1) is 17.2 Å². The molecule has 0 bridgehead atoms. The Hall–Kier alpha value is -1.50. The normalized spacial score (nSPS) is 12.4. The molecular weight excluding hydrogens is 156 g/mol. The quantitative estimate of drug-likeness (QED) is 0.627. The maximum atomic E-state index is 10.1. The van der Waals surface area contributed by atoms with E-state index in [1.165, 1.54) is 6.20 Å². The molecule has 0 radical (unpaired) electrons. The van der Waals surface area contributed by atoms with E-state index in [9.17, 15) is 4.79 Å². The molecule has 0 spiro atoms. The van der Waals surface area contributed by atoms with Crippen LogP contribution in [0.3, 0.4) is 0 Å². The summed E-state index contributed by atoms with van der Waals surface area (Å²) in [6.07, 6.45) is 2.49. The molecule has 0 aromatic rings. The molecule has 0 aromatic carbocycles. The van der Waals surface area contributed by atoms with Gasteiger partial charge in [-0.05, 0) is 6.92 Å². The highest BCUT2D eigenvalue weighted by Gasteiger charge is 2.00. The molecule has 0 heterocycles. The van der Waals surface area contributed by atoms with Gasteiger partial charge in [0.15, 0.2) is 0 Å². The number of rotatable bonds is 4. The van der Waals surface area contributed by atoms with Crippen LogP contribution in [0.25, 0.3) is 0 Å². The maximum Gasteiger partial charge on any atom is 0.329 e. The third-order valence-corrected chi connectivity index (χ3v) is 1.25. The molecule has 1 unspecified atom stereocenters. The molecule has 4 heteroatoms. The van der Waals surface area contributed by atoms with E-state index in [2.05, 4.69) is 6.07 Å². The number of carboxylic acid groups (broad SMARTS) is 1. The Morgan fingerprint density at radius 3 is 2.83 bits per heavy atom. The van der Waals surface area contributed by atoms with Gasteiger partial charge in [-0.2, -0.15) is 5.26 Å². The molecule has 0 amide bonds. The number of nitriles is 1. The zero-order chi connectivity index (χ0) is 9.56. The van der Waals surface area contributed by atoms with Gasteiger partial charge in [-0.3, -0.25) is 0 Å². The van der Waals surface area contributed by atoms with Crippen molar-refractivity contribution >= 4 is 5.97 Å². The Balaban J connectivity index is 3.82. The van der Waals surface area contributed by atoms with Gasteiger partial charge in [0.25, 0.3) is 0 Å². The average molecular weight is 168 g/mol. The van der Waals surface area contributed by atoms with Crippen molar-refractivity contribution in [2.75, 3.05) is 13.6 Å². The molecule has 4 nitrogen and oxygen atoms in total. The Morgan fingerprint density at radius 1 is 1.83 bits per heavy atom. The van der Waals surface area contributed by atoms with Crippen molar-refractivity contribution in [2.45, 2.75) is 6.92 Å². The molecule has 12 heavy (non-hydrogen) atoms. The zero-order valence-electron chi connectivity index (χ0n) is 7.19. The lowest BCUT2D eigenvalue weighted by molar-refractivity contribution is -0.131. The predicted octanol–water partition coefficient (Wildman–Crippen LogP) is 0.676. The highest BCUT2D eigenvalue weighted by molar-refractivity contribution is 5.79. The summed E-state index contributed by atoms with van der Waals surface area (Å²) in [6.45, 7) is 2.32. The van der Waals surface area contributed by atoms with Crippen LogP contribution in [0.5, 0.6) is 0 Å². The first-order valence-corrected chi connectivity index (χ1v) is 3.57. The van der Waals surface area contributed by atoms with E-state index in [1.54, 1.807) is 18.9 Å². The minimum absolute atomic E-state index is 0.0894. The molecule has 1 N–H and O–H groups in total. The van der Waals surface area contributed by atoms with Gasteiger partial charge in [0.1, 0.15) is 0 Å². The van der Waals surface area contributed by atoms with E-state index in [0.29, 0.717) is 6.54 Å². The average Bonchev–Trinajstić information content (AvgIpc) is 2.00. The monoisotopic (exact) mass is 168 g/mol. The third-order valence-electron chi connectivity index (χ3n) is 1.25. The van der Waals surface area contributed by atoms with Gasteiger partial charge in [-0.25, -0.2) is 4.79 Å². The summed E-state index contributed by atoms with van der Waals surface area (Å²) in [6, 6.07) is 2.06. The summed E-state index contributed by atoms with van der Waals surface area (Å²) < 4.78 is 0. The second-order valence-corrected chi connectivity index (χ2v) is 2.62. The van der Waals surface area contributed by atoms with E-state index < -0.39 is 5.97 Å². The fourth-order valence-electron chi connectivity index (χ4n) is 0.725. The summed E-state index contributed by atoms with van der Waals surface area (Å²) >= 11 is 0. The standard InChI is InChI=1S/C8H12N2O2/c1-7(5-9)6-10(2)4-3-8(11)12/h3-4,7H,6H2,1-2H3,(H,11,12). The number of aliphatic carboxylic acids is 1. The smallest absolute Gasteiger partial charge is 0.329 e. The predicted molar refractivity (Wildman–Crippen MR) is 44.2 cm³/mol. The van der Waals surface area contributed by atoms with Gasteiger partial charge in [0.2, 0.25) is 0 Å². The van der Waals surface area contributed by atoms with E-state index in [1.807, 2.05) is 0 Å². The lowest BCUT2D eigenvalue weighted by Crippen LogP contribution is -2.18. The van der Waals surface area contributed by atoms with E-state index in [4.69, 9.17) is 10.4 Å². The van der Waals surface area contributed by atoms with E-state index in [-0.39, 0.29) is 5.92 Å². The summed E-state index contributed by atoms with van der Waals surface area (Å²) in [4.78, 5) is 11.7. The first-order chi connectivity index (χ1) is 5.56. The highest BCUT2D eigenvalue weighted by atomic mass is 16.4. The molecule has 0 aliphatic heterocycles. The van der Waals surface area contributed by atoms with Crippen molar-refractivity contribution in [3.8, 4) is 6.07 Å². The zero-order valence-corrected chi connectivity index (χ0v) is 7.19. The Morgan fingerprint density at radius 2 is 2.42 bits per heavy atom. The minimum atomic E-state index is -0.980. The van der Waals surface area contributed by atoms with Crippen molar-refractivity contribution < 1.29 is 9.90 Å². The summed E-state index contributed by atoms with van der Waals surface area (Å²) in [5, 5.41) is 16.7. The summed E-state index contributed by atoms with van der Waals surface area (Å²) in [7, 11) is 1.73. The van der Waals surface area contributed by atoms with Gasteiger partial charge < -0.3 is 10.0 Å². The van der Waals surface area contributed by atoms with Crippen LogP contribution in [-0.4, -0.2) is 29.6 Å².